The highest BCUT2D eigenvalue weighted by molar-refractivity contribution is 9.10. The summed E-state index contributed by atoms with van der Waals surface area (Å²) in [5.41, 5.74) is 1.45. The normalized spacial score (nSPS) is 12.6. The van der Waals surface area contributed by atoms with Crippen molar-refractivity contribution < 1.29 is 0 Å². The topological polar surface area (TPSA) is 12.0 Å². The first kappa shape index (κ1) is 16.1. The van der Waals surface area contributed by atoms with Crippen LogP contribution in [0.2, 0.25) is 0 Å². The Kier molecular flexibility index (Phi) is 8.82. The third-order valence-corrected chi connectivity index (χ3v) is 4.46. The quantitative estimate of drug-likeness (QED) is 0.675. The van der Waals surface area contributed by atoms with Crippen LogP contribution in [0.4, 0.5) is 0 Å². The summed E-state index contributed by atoms with van der Waals surface area (Å²) in [6.07, 6.45) is 2.49. The van der Waals surface area contributed by atoms with E-state index in [2.05, 4.69) is 59.4 Å². The molecule has 0 radical (unpaired) electrons. The standard InChI is InChI=1S/C15H24BrNS/c1-3-17-12-14(9-10-18-4-2)11-13-5-7-15(16)8-6-13/h5-8,14,17H,3-4,9-12H2,1-2H3. The zero-order valence-electron chi connectivity index (χ0n) is 11.4. The van der Waals surface area contributed by atoms with Gasteiger partial charge in [-0.1, -0.05) is 41.9 Å². The number of nitrogens with one attached hydrogen (secondary N) is 1. The van der Waals surface area contributed by atoms with Crippen molar-refractivity contribution in [1.29, 1.82) is 0 Å². The molecule has 0 saturated carbocycles. The van der Waals surface area contributed by atoms with Crippen molar-refractivity contribution >= 4 is 27.7 Å². The van der Waals surface area contributed by atoms with Crippen LogP contribution in [0.1, 0.15) is 25.8 Å². The van der Waals surface area contributed by atoms with Gasteiger partial charge in [0.2, 0.25) is 0 Å². The molecule has 3 heteroatoms. The maximum Gasteiger partial charge on any atom is 0.0175 e. The van der Waals surface area contributed by atoms with Gasteiger partial charge in [0, 0.05) is 4.47 Å². The zero-order chi connectivity index (χ0) is 13.2. The fraction of sp³-hybridized carbons (Fsp3) is 0.600. The Morgan fingerprint density at radius 1 is 1.22 bits per heavy atom. The third-order valence-electron chi connectivity index (χ3n) is 3.00. The molecule has 0 aliphatic carbocycles. The molecule has 0 amide bonds. The van der Waals surface area contributed by atoms with Crippen LogP contribution in [0.15, 0.2) is 28.7 Å². The second-order valence-electron chi connectivity index (χ2n) is 4.49. The molecule has 1 unspecified atom stereocenters. The fourth-order valence-electron chi connectivity index (χ4n) is 1.97. The molecule has 102 valence electrons. The first-order valence-corrected chi connectivity index (χ1v) is 8.74. The van der Waals surface area contributed by atoms with E-state index in [9.17, 15) is 0 Å². The zero-order valence-corrected chi connectivity index (χ0v) is 13.8. The van der Waals surface area contributed by atoms with E-state index in [0.717, 1.165) is 23.5 Å². The van der Waals surface area contributed by atoms with Gasteiger partial charge < -0.3 is 5.32 Å². The number of hydrogen-bond donors (Lipinski definition) is 1. The van der Waals surface area contributed by atoms with Crippen molar-refractivity contribution in [2.75, 3.05) is 24.6 Å². The second-order valence-corrected chi connectivity index (χ2v) is 6.80. The Hall–Kier alpha value is 0.01000. The van der Waals surface area contributed by atoms with Crippen LogP contribution in [0, 0.1) is 5.92 Å². The van der Waals surface area contributed by atoms with Gasteiger partial charge in [-0.05, 0) is 61.1 Å². The van der Waals surface area contributed by atoms with Gasteiger partial charge in [-0.15, -0.1) is 0 Å². The van der Waals surface area contributed by atoms with Crippen molar-refractivity contribution in [2.45, 2.75) is 26.7 Å². The average Bonchev–Trinajstić information content (AvgIpc) is 2.38. The number of halogens is 1. The number of hydrogen-bond acceptors (Lipinski definition) is 2. The number of benzene rings is 1. The summed E-state index contributed by atoms with van der Waals surface area (Å²) in [5, 5.41) is 3.49. The van der Waals surface area contributed by atoms with E-state index >= 15 is 0 Å². The van der Waals surface area contributed by atoms with Crippen LogP contribution >= 0.6 is 27.7 Å². The van der Waals surface area contributed by atoms with E-state index in [1.807, 2.05) is 11.8 Å². The molecule has 1 nitrogen and oxygen atoms in total. The molecule has 0 fully saturated rings. The minimum atomic E-state index is 0.755. The molecule has 1 aromatic carbocycles. The van der Waals surface area contributed by atoms with E-state index in [1.165, 1.54) is 29.9 Å². The monoisotopic (exact) mass is 329 g/mol. The summed E-state index contributed by atoms with van der Waals surface area (Å²) in [5.74, 6) is 3.26. The van der Waals surface area contributed by atoms with E-state index < -0.39 is 0 Å². The molecule has 0 aliphatic heterocycles. The summed E-state index contributed by atoms with van der Waals surface area (Å²) in [6, 6.07) is 8.74. The van der Waals surface area contributed by atoms with Gasteiger partial charge in [-0.25, -0.2) is 0 Å². The molecule has 0 aliphatic rings. The lowest BCUT2D eigenvalue weighted by Gasteiger charge is -2.17. The highest BCUT2D eigenvalue weighted by atomic mass is 79.9. The van der Waals surface area contributed by atoms with Crippen LogP contribution in [-0.2, 0) is 6.42 Å². The summed E-state index contributed by atoms with van der Waals surface area (Å²) < 4.78 is 1.16. The molecule has 1 N–H and O–H groups in total. The van der Waals surface area contributed by atoms with Crippen LogP contribution in [-0.4, -0.2) is 24.6 Å². The third kappa shape index (κ3) is 6.81. The maximum absolute atomic E-state index is 3.49. The van der Waals surface area contributed by atoms with Gasteiger partial charge in [0.15, 0.2) is 0 Å². The first-order chi connectivity index (χ1) is 8.76. The van der Waals surface area contributed by atoms with Crippen molar-refractivity contribution in [1.82, 2.24) is 5.32 Å². The Bertz CT molecular complexity index is 313. The first-order valence-electron chi connectivity index (χ1n) is 6.79. The van der Waals surface area contributed by atoms with Crippen molar-refractivity contribution in [3.63, 3.8) is 0 Å². The average molecular weight is 330 g/mol. The Morgan fingerprint density at radius 3 is 2.56 bits per heavy atom. The molecule has 0 saturated heterocycles. The van der Waals surface area contributed by atoms with Crippen molar-refractivity contribution in [2.24, 2.45) is 5.92 Å². The summed E-state index contributed by atoms with van der Waals surface area (Å²) in [6.45, 7) is 6.62. The van der Waals surface area contributed by atoms with Crippen LogP contribution in [0.25, 0.3) is 0 Å². The lowest BCUT2D eigenvalue weighted by molar-refractivity contribution is 0.470. The van der Waals surface area contributed by atoms with Gasteiger partial charge in [-0.2, -0.15) is 11.8 Å². The molecule has 1 atom stereocenters. The van der Waals surface area contributed by atoms with Crippen molar-refractivity contribution in [3.8, 4) is 0 Å². The minimum absolute atomic E-state index is 0.755. The van der Waals surface area contributed by atoms with E-state index in [1.54, 1.807) is 0 Å². The van der Waals surface area contributed by atoms with Gasteiger partial charge in [0.25, 0.3) is 0 Å². The molecular weight excluding hydrogens is 306 g/mol. The van der Waals surface area contributed by atoms with Gasteiger partial charge in [-0.3, -0.25) is 0 Å². The summed E-state index contributed by atoms with van der Waals surface area (Å²) >= 11 is 5.54. The predicted octanol–water partition coefficient (Wildman–Crippen LogP) is 4.36. The molecule has 0 spiro atoms. The summed E-state index contributed by atoms with van der Waals surface area (Å²) in [4.78, 5) is 0. The van der Waals surface area contributed by atoms with E-state index in [4.69, 9.17) is 0 Å². The largest absolute Gasteiger partial charge is 0.317 e. The Balaban J connectivity index is 2.45. The van der Waals surface area contributed by atoms with Crippen LogP contribution < -0.4 is 5.32 Å². The van der Waals surface area contributed by atoms with Crippen LogP contribution in [0.3, 0.4) is 0 Å². The molecular formula is C15H24BrNS. The van der Waals surface area contributed by atoms with Crippen LogP contribution in [0.5, 0.6) is 0 Å². The van der Waals surface area contributed by atoms with E-state index in [0.29, 0.717) is 0 Å². The molecule has 0 heterocycles. The van der Waals surface area contributed by atoms with Gasteiger partial charge in [0.1, 0.15) is 0 Å². The fourth-order valence-corrected chi connectivity index (χ4v) is 3.03. The molecule has 0 aromatic heterocycles. The molecule has 18 heavy (non-hydrogen) atoms. The lowest BCUT2D eigenvalue weighted by Crippen LogP contribution is -2.24. The van der Waals surface area contributed by atoms with Gasteiger partial charge >= 0.3 is 0 Å². The SMILES string of the molecule is CCNCC(CCSCC)Cc1ccc(Br)cc1. The Morgan fingerprint density at radius 2 is 1.94 bits per heavy atom. The lowest BCUT2D eigenvalue weighted by atomic mass is 9.97. The molecule has 1 rings (SSSR count). The Labute approximate surface area is 124 Å². The van der Waals surface area contributed by atoms with Crippen molar-refractivity contribution in [3.05, 3.63) is 34.3 Å². The summed E-state index contributed by atoms with van der Waals surface area (Å²) in [7, 11) is 0. The molecule has 0 bridgehead atoms. The number of thioether (sulfide) groups is 1. The maximum atomic E-state index is 3.49. The predicted molar refractivity (Wildman–Crippen MR) is 87.5 cm³/mol. The highest BCUT2D eigenvalue weighted by Gasteiger charge is 2.09. The molecule has 1 aromatic rings. The second kappa shape index (κ2) is 9.88. The number of rotatable bonds is 9. The highest BCUT2D eigenvalue weighted by Crippen LogP contribution is 2.17. The van der Waals surface area contributed by atoms with Gasteiger partial charge in [0.05, 0.1) is 0 Å². The minimum Gasteiger partial charge on any atom is -0.317 e. The van der Waals surface area contributed by atoms with E-state index in [-0.39, 0.29) is 0 Å². The smallest absolute Gasteiger partial charge is 0.0175 e.